The SMILES string of the molecule is CCOC1(C(N)C2CCCCC2)CCCCCC1. The lowest BCUT2D eigenvalue weighted by Gasteiger charge is -2.43. The van der Waals surface area contributed by atoms with Crippen LogP contribution >= 0.6 is 0 Å². The van der Waals surface area contributed by atoms with Gasteiger partial charge in [0.25, 0.3) is 0 Å². The molecular weight excluding hydrogens is 222 g/mol. The topological polar surface area (TPSA) is 35.2 Å². The molecule has 2 fully saturated rings. The molecule has 2 N–H and O–H groups in total. The molecule has 2 rings (SSSR count). The summed E-state index contributed by atoms with van der Waals surface area (Å²) in [7, 11) is 0. The first-order chi connectivity index (χ1) is 8.78. The first-order valence-corrected chi connectivity index (χ1v) is 8.18. The maximum atomic E-state index is 6.69. The molecule has 0 saturated heterocycles. The van der Waals surface area contributed by atoms with Crippen molar-refractivity contribution >= 4 is 0 Å². The van der Waals surface area contributed by atoms with Gasteiger partial charge >= 0.3 is 0 Å². The molecule has 0 aromatic heterocycles. The van der Waals surface area contributed by atoms with E-state index in [0.29, 0.717) is 5.92 Å². The summed E-state index contributed by atoms with van der Waals surface area (Å²) in [5.74, 6) is 0.711. The Morgan fingerprint density at radius 1 is 1.00 bits per heavy atom. The summed E-state index contributed by atoms with van der Waals surface area (Å²) in [5, 5.41) is 0. The van der Waals surface area contributed by atoms with Gasteiger partial charge in [-0.15, -0.1) is 0 Å². The molecule has 0 bridgehead atoms. The van der Waals surface area contributed by atoms with E-state index >= 15 is 0 Å². The van der Waals surface area contributed by atoms with Crippen LogP contribution in [0.15, 0.2) is 0 Å². The predicted molar refractivity (Wildman–Crippen MR) is 76.6 cm³/mol. The Balaban J connectivity index is 2.05. The van der Waals surface area contributed by atoms with Gasteiger partial charge in [-0.25, -0.2) is 0 Å². The van der Waals surface area contributed by atoms with Crippen molar-refractivity contribution in [2.45, 2.75) is 89.2 Å². The highest BCUT2D eigenvalue weighted by molar-refractivity contribution is 4.97. The summed E-state index contributed by atoms with van der Waals surface area (Å²) in [6, 6.07) is 0.274. The summed E-state index contributed by atoms with van der Waals surface area (Å²) in [6.45, 7) is 2.95. The van der Waals surface area contributed by atoms with Crippen LogP contribution in [0.3, 0.4) is 0 Å². The van der Waals surface area contributed by atoms with Crippen molar-refractivity contribution in [3.05, 3.63) is 0 Å². The zero-order valence-corrected chi connectivity index (χ0v) is 12.1. The molecule has 2 heteroatoms. The highest BCUT2D eigenvalue weighted by Gasteiger charge is 2.41. The standard InChI is InChI=1S/C16H31NO/c1-2-18-16(12-8-3-4-9-13-16)15(17)14-10-6-5-7-11-14/h14-15H,2-13,17H2,1H3. The number of hydrogen-bond acceptors (Lipinski definition) is 2. The molecule has 0 spiro atoms. The Bertz CT molecular complexity index is 227. The van der Waals surface area contributed by atoms with E-state index in [4.69, 9.17) is 10.5 Å². The number of hydrogen-bond donors (Lipinski definition) is 1. The van der Waals surface area contributed by atoms with Gasteiger partial charge in [0.2, 0.25) is 0 Å². The van der Waals surface area contributed by atoms with Gasteiger partial charge in [-0.05, 0) is 38.5 Å². The van der Waals surface area contributed by atoms with E-state index in [1.165, 1.54) is 70.6 Å². The molecule has 18 heavy (non-hydrogen) atoms. The first kappa shape index (κ1) is 14.3. The van der Waals surface area contributed by atoms with Crippen LogP contribution < -0.4 is 5.73 Å². The smallest absolute Gasteiger partial charge is 0.0835 e. The zero-order valence-electron chi connectivity index (χ0n) is 12.1. The molecular formula is C16H31NO. The van der Waals surface area contributed by atoms with Gasteiger partial charge in [-0.2, -0.15) is 0 Å². The van der Waals surface area contributed by atoms with Crippen LogP contribution in [-0.4, -0.2) is 18.2 Å². The fourth-order valence-electron chi connectivity index (χ4n) is 4.11. The minimum absolute atomic E-state index is 0.00720. The average Bonchev–Trinajstić information content (AvgIpc) is 2.66. The third-order valence-corrected chi connectivity index (χ3v) is 5.15. The van der Waals surface area contributed by atoms with Crippen LogP contribution in [0, 0.1) is 5.92 Å². The van der Waals surface area contributed by atoms with Crippen LogP contribution in [0.25, 0.3) is 0 Å². The quantitative estimate of drug-likeness (QED) is 0.768. The lowest BCUT2D eigenvalue weighted by molar-refractivity contribution is -0.0836. The molecule has 2 aliphatic carbocycles. The second kappa shape index (κ2) is 6.91. The molecule has 1 unspecified atom stereocenters. The summed E-state index contributed by atoms with van der Waals surface area (Å²) in [6.07, 6.45) is 14.5. The fourth-order valence-corrected chi connectivity index (χ4v) is 4.11. The van der Waals surface area contributed by atoms with E-state index in [-0.39, 0.29) is 11.6 Å². The van der Waals surface area contributed by atoms with Gasteiger partial charge in [0.1, 0.15) is 0 Å². The van der Waals surface area contributed by atoms with Crippen LogP contribution in [-0.2, 0) is 4.74 Å². The van der Waals surface area contributed by atoms with Crippen molar-refractivity contribution in [3.63, 3.8) is 0 Å². The van der Waals surface area contributed by atoms with Crippen LogP contribution in [0.1, 0.15) is 77.6 Å². The summed E-state index contributed by atoms with van der Waals surface area (Å²) in [4.78, 5) is 0. The predicted octanol–water partition coefficient (Wildman–Crippen LogP) is 4.02. The van der Waals surface area contributed by atoms with Gasteiger partial charge < -0.3 is 10.5 Å². The monoisotopic (exact) mass is 253 g/mol. The molecule has 2 nitrogen and oxygen atoms in total. The van der Waals surface area contributed by atoms with E-state index in [1.807, 2.05) is 0 Å². The van der Waals surface area contributed by atoms with Crippen molar-refractivity contribution in [2.24, 2.45) is 11.7 Å². The summed E-state index contributed by atoms with van der Waals surface area (Å²) in [5.41, 5.74) is 6.70. The van der Waals surface area contributed by atoms with Gasteiger partial charge in [0.15, 0.2) is 0 Å². The number of rotatable bonds is 4. The first-order valence-electron chi connectivity index (χ1n) is 8.18. The van der Waals surface area contributed by atoms with Crippen molar-refractivity contribution < 1.29 is 4.74 Å². The molecule has 0 radical (unpaired) electrons. The second-order valence-electron chi connectivity index (χ2n) is 6.34. The summed E-state index contributed by atoms with van der Waals surface area (Å²) < 4.78 is 6.24. The Hall–Kier alpha value is -0.0800. The van der Waals surface area contributed by atoms with Crippen molar-refractivity contribution in [2.75, 3.05) is 6.61 Å². The van der Waals surface area contributed by atoms with Crippen LogP contribution in [0.2, 0.25) is 0 Å². The third kappa shape index (κ3) is 3.27. The maximum Gasteiger partial charge on any atom is 0.0835 e. The van der Waals surface area contributed by atoms with Crippen molar-refractivity contribution in [1.82, 2.24) is 0 Å². The maximum absolute atomic E-state index is 6.69. The molecule has 0 amide bonds. The lowest BCUT2D eigenvalue weighted by atomic mass is 9.74. The van der Waals surface area contributed by atoms with Gasteiger partial charge in [-0.3, -0.25) is 0 Å². The van der Waals surface area contributed by atoms with E-state index in [1.54, 1.807) is 0 Å². The fraction of sp³-hybridized carbons (Fsp3) is 1.00. The van der Waals surface area contributed by atoms with Crippen LogP contribution in [0.4, 0.5) is 0 Å². The van der Waals surface area contributed by atoms with Crippen molar-refractivity contribution in [3.8, 4) is 0 Å². The molecule has 0 aliphatic heterocycles. The Morgan fingerprint density at radius 2 is 1.56 bits per heavy atom. The van der Waals surface area contributed by atoms with E-state index in [2.05, 4.69) is 6.92 Å². The Morgan fingerprint density at radius 3 is 2.11 bits per heavy atom. The molecule has 0 aromatic rings. The minimum atomic E-state index is 0.00720. The van der Waals surface area contributed by atoms with Gasteiger partial charge in [-0.1, -0.05) is 44.9 Å². The normalized spacial score (nSPS) is 27.7. The molecule has 2 aliphatic rings. The molecule has 0 heterocycles. The lowest BCUT2D eigenvalue weighted by Crippen LogP contribution is -2.54. The van der Waals surface area contributed by atoms with Crippen LogP contribution in [0.5, 0.6) is 0 Å². The molecule has 2 saturated carbocycles. The van der Waals surface area contributed by atoms with E-state index in [0.717, 1.165) is 6.61 Å². The molecule has 106 valence electrons. The minimum Gasteiger partial charge on any atom is -0.374 e. The number of nitrogens with two attached hydrogens (primary N) is 1. The van der Waals surface area contributed by atoms with Crippen molar-refractivity contribution in [1.29, 1.82) is 0 Å². The zero-order chi connectivity index (χ0) is 12.8. The van der Waals surface area contributed by atoms with Gasteiger partial charge in [0, 0.05) is 12.6 Å². The Labute approximate surface area is 113 Å². The Kier molecular flexibility index (Phi) is 5.50. The molecule has 1 atom stereocenters. The average molecular weight is 253 g/mol. The molecule has 0 aromatic carbocycles. The number of ether oxygens (including phenoxy) is 1. The highest BCUT2D eigenvalue weighted by Crippen LogP contribution is 2.39. The van der Waals surface area contributed by atoms with E-state index < -0.39 is 0 Å². The summed E-state index contributed by atoms with van der Waals surface area (Å²) >= 11 is 0. The van der Waals surface area contributed by atoms with Gasteiger partial charge in [0.05, 0.1) is 5.60 Å². The third-order valence-electron chi connectivity index (χ3n) is 5.15. The second-order valence-corrected chi connectivity index (χ2v) is 6.34. The highest BCUT2D eigenvalue weighted by atomic mass is 16.5. The van der Waals surface area contributed by atoms with E-state index in [9.17, 15) is 0 Å². The largest absolute Gasteiger partial charge is 0.374 e.